The first-order chi connectivity index (χ1) is 7.66. The molecule has 0 radical (unpaired) electrons. The molecule has 1 aliphatic carbocycles. The average molecular weight is 220 g/mol. The predicted octanol–water partition coefficient (Wildman–Crippen LogP) is 1.68. The number of hydrogen-bond acceptors (Lipinski definition) is 3. The largest absolute Gasteiger partial charge is 0.481 e. The van der Waals surface area contributed by atoms with Crippen LogP contribution in [0.2, 0.25) is 0 Å². The lowest BCUT2D eigenvalue weighted by Gasteiger charge is -2.10. The Morgan fingerprint density at radius 3 is 2.75 bits per heavy atom. The van der Waals surface area contributed by atoms with E-state index in [4.69, 9.17) is 5.11 Å². The lowest BCUT2D eigenvalue weighted by atomic mass is 10.0. The third-order valence-corrected chi connectivity index (χ3v) is 2.95. The maximum atomic E-state index is 10.8. The highest BCUT2D eigenvalue weighted by molar-refractivity contribution is 5.70. The fourth-order valence-corrected chi connectivity index (χ4v) is 2.27. The van der Waals surface area contributed by atoms with Crippen LogP contribution in [0.1, 0.15) is 42.0 Å². The van der Waals surface area contributed by atoms with Gasteiger partial charge in [0, 0.05) is 5.69 Å². The minimum atomic E-state index is -0.815. The summed E-state index contributed by atoms with van der Waals surface area (Å²) in [5.41, 5.74) is 2.88. The molecule has 0 saturated heterocycles. The van der Waals surface area contributed by atoms with Crippen molar-refractivity contribution in [1.29, 1.82) is 0 Å². The molecule has 1 aromatic rings. The Bertz CT molecular complexity index is 416. The molecule has 0 fully saturated rings. The van der Waals surface area contributed by atoms with Gasteiger partial charge in [-0.2, -0.15) is 0 Å². The number of carboxylic acids is 1. The molecule has 1 heterocycles. The second-order valence-electron chi connectivity index (χ2n) is 4.27. The van der Waals surface area contributed by atoms with Crippen LogP contribution in [0.4, 0.5) is 0 Å². The molecule has 4 heteroatoms. The van der Waals surface area contributed by atoms with Crippen molar-refractivity contribution in [2.24, 2.45) is 0 Å². The van der Waals surface area contributed by atoms with Gasteiger partial charge < -0.3 is 5.11 Å². The highest BCUT2D eigenvalue weighted by atomic mass is 16.4. The molecule has 0 atom stereocenters. The molecule has 86 valence electrons. The van der Waals surface area contributed by atoms with Gasteiger partial charge in [-0.25, -0.2) is 9.97 Å². The van der Waals surface area contributed by atoms with E-state index in [0.717, 1.165) is 42.6 Å². The fraction of sp³-hybridized carbons (Fsp3) is 0.583. The monoisotopic (exact) mass is 220 g/mol. The van der Waals surface area contributed by atoms with E-state index in [1.807, 2.05) is 6.92 Å². The first-order valence-electron chi connectivity index (χ1n) is 5.74. The molecule has 0 spiro atoms. The van der Waals surface area contributed by atoms with Gasteiger partial charge in [-0.05, 0) is 38.2 Å². The number of aromatic nitrogens is 2. The molecule has 1 aromatic heterocycles. The summed E-state index contributed by atoms with van der Waals surface area (Å²) in [7, 11) is 0. The van der Waals surface area contributed by atoms with Gasteiger partial charge in [0.05, 0.1) is 12.1 Å². The molecule has 1 aliphatic rings. The SMILES string of the molecule is Cc1nc2c(c(CC(=O)O)n1)CCCCC2. The van der Waals surface area contributed by atoms with Crippen molar-refractivity contribution in [2.45, 2.75) is 45.4 Å². The first kappa shape index (κ1) is 11.0. The Hall–Kier alpha value is -1.45. The van der Waals surface area contributed by atoms with Crippen molar-refractivity contribution in [3.63, 3.8) is 0 Å². The number of rotatable bonds is 2. The summed E-state index contributed by atoms with van der Waals surface area (Å²) in [5.74, 6) is -0.124. The molecule has 0 amide bonds. The number of nitrogens with zero attached hydrogens (tertiary/aromatic N) is 2. The number of carbonyl (C=O) groups is 1. The van der Waals surface area contributed by atoms with Crippen LogP contribution in [0.3, 0.4) is 0 Å². The van der Waals surface area contributed by atoms with E-state index < -0.39 is 5.97 Å². The van der Waals surface area contributed by atoms with E-state index in [0.29, 0.717) is 5.82 Å². The van der Waals surface area contributed by atoms with E-state index in [9.17, 15) is 4.79 Å². The standard InChI is InChI=1S/C12H16N2O2/c1-8-13-10-6-4-2-3-5-9(10)11(14-8)7-12(15)16/h2-7H2,1H3,(H,15,16). The molecule has 0 bridgehead atoms. The molecule has 0 saturated carbocycles. The van der Waals surface area contributed by atoms with Crippen LogP contribution in [0.25, 0.3) is 0 Å². The number of fused-ring (bicyclic) bond motifs is 1. The smallest absolute Gasteiger partial charge is 0.309 e. The molecule has 0 unspecified atom stereocenters. The van der Waals surface area contributed by atoms with E-state index in [-0.39, 0.29) is 6.42 Å². The van der Waals surface area contributed by atoms with Gasteiger partial charge in [0.2, 0.25) is 0 Å². The Labute approximate surface area is 94.7 Å². The lowest BCUT2D eigenvalue weighted by molar-refractivity contribution is -0.136. The molecule has 4 nitrogen and oxygen atoms in total. The summed E-state index contributed by atoms with van der Waals surface area (Å²) >= 11 is 0. The van der Waals surface area contributed by atoms with Crippen LogP contribution in [-0.4, -0.2) is 21.0 Å². The van der Waals surface area contributed by atoms with Crippen LogP contribution in [0, 0.1) is 6.92 Å². The molecule has 1 N–H and O–H groups in total. The Morgan fingerprint density at radius 1 is 1.25 bits per heavy atom. The maximum Gasteiger partial charge on any atom is 0.309 e. The lowest BCUT2D eigenvalue weighted by Crippen LogP contribution is -2.11. The minimum absolute atomic E-state index is 0.0195. The molecule has 16 heavy (non-hydrogen) atoms. The maximum absolute atomic E-state index is 10.8. The molecule has 2 rings (SSSR count). The zero-order chi connectivity index (χ0) is 11.5. The van der Waals surface area contributed by atoms with Crippen molar-refractivity contribution in [2.75, 3.05) is 0 Å². The highest BCUT2D eigenvalue weighted by Crippen LogP contribution is 2.21. The third-order valence-electron chi connectivity index (χ3n) is 2.95. The van der Waals surface area contributed by atoms with Crippen molar-refractivity contribution < 1.29 is 9.90 Å². The van der Waals surface area contributed by atoms with Crippen LogP contribution >= 0.6 is 0 Å². The van der Waals surface area contributed by atoms with Gasteiger partial charge in [0.1, 0.15) is 5.82 Å². The van der Waals surface area contributed by atoms with Gasteiger partial charge >= 0.3 is 5.97 Å². The van der Waals surface area contributed by atoms with Gasteiger partial charge in [-0.3, -0.25) is 4.79 Å². The number of carboxylic acid groups (broad SMARTS) is 1. The van der Waals surface area contributed by atoms with Crippen LogP contribution in [0.5, 0.6) is 0 Å². The second-order valence-corrected chi connectivity index (χ2v) is 4.27. The summed E-state index contributed by atoms with van der Waals surface area (Å²) < 4.78 is 0. The summed E-state index contributed by atoms with van der Waals surface area (Å²) in [6, 6.07) is 0. The zero-order valence-corrected chi connectivity index (χ0v) is 9.49. The first-order valence-corrected chi connectivity index (χ1v) is 5.74. The quantitative estimate of drug-likeness (QED) is 0.770. The van der Waals surface area contributed by atoms with Gasteiger partial charge in [0.25, 0.3) is 0 Å². The fourth-order valence-electron chi connectivity index (χ4n) is 2.27. The predicted molar refractivity (Wildman–Crippen MR) is 59.4 cm³/mol. The summed E-state index contributed by atoms with van der Waals surface area (Å²) in [6.07, 6.45) is 5.37. The minimum Gasteiger partial charge on any atom is -0.481 e. The third kappa shape index (κ3) is 2.38. The van der Waals surface area contributed by atoms with Crippen LogP contribution in [0.15, 0.2) is 0 Å². The molecular formula is C12H16N2O2. The summed E-state index contributed by atoms with van der Waals surface area (Å²) in [6.45, 7) is 1.83. The van der Waals surface area contributed by atoms with E-state index in [2.05, 4.69) is 9.97 Å². The summed E-state index contributed by atoms with van der Waals surface area (Å²) in [4.78, 5) is 19.5. The van der Waals surface area contributed by atoms with Crippen molar-refractivity contribution in [1.82, 2.24) is 9.97 Å². The van der Waals surface area contributed by atoms with E-state index in [1.165, 1.54) is 6.42 Å². The Kier molecular flexibility index (Phi) is 3.17. The number of hydrogen-bond donors (Lipinski definition) is 1. The zero-order valence-electron chi connectivity index (χ0n) is 9.49. The van der Waals surface area contributed by atoms with Gasteiger partial charge in [0.15, 0.2) is 0 Å². The van der Waals surface area contributed by atoms with Crippen molar-refractivity contribution >= 4 is 5.97 Å². The normalized spacial score (nSPS) is 15.3. The summed E-state index contributed by atoms with van der Waals surface area (Å²) in [5, 5.41) is 8.87. The number of aryl methyl sites for hydroxylation is 2. The van der Waals surface area contributed by atoms with Crippen LogP contribution in [-0.2, 0) is 24.1 Å². The van der Waals surface area contributed by atoms with Gasteiger partial charge in [-0.15, -0.1) is 0 Å². The van der Waals surface area contributed by atoms with Crippen molar-refractivity contribution in [3.8, 4) is 0 Å². The van der Waals surface area contributed by atoms with E-state index >= 15 is 0 Å². The van der Waals surface area contributed by atoms with E-state index in [1.54, 1.807) is 0 Å². The van der Waals surface area contributed by atoms with Crippen LogP contribution < -0.4 is 0 Å². The Morgan fingerprint density at radius 2 is 2.00 bits per heavy atom. The number of aliphatic carboxylic acids is 1. The molecule has 0 aliphatic heterocycles. The molecule has 0 aromatic carbocycles. The molecular weight excluding hydrogens is 204 g/mol. The second kappa shape index (κ2) is 4.60. The van der Waals surface area contributed by atoms with Crippen molar-refractivity contribution in [3.05, 3.63) is 22.8 Å². The Balaban J connectivity index is 2.42. The average Bonchev–Trinajstić information content (AvgIpc) is 2.41. The highest BCUT2D eigenvalue weighted by Gasteiger charge is 2.17. The topological polar surface area (TPSA) is 63.1 Å². The van der Waals surface area contributed by atoms with Gasteiger partial charge in [-0.1, -0.05) is 6.42 Å².